The number of nitrogens with zero attached hydrogens (tertiary/aromatic N) is 1. The Kier molecular flexibility index (Phi) is 3.70. The maximum atomic E-state index is 10.5. The van der Waals surface area contributed by atoms with Crippen LogP contribution in [-0.4, -0.2) is 17.4 Å². The molecule has 0 fully saturated rings. The van der Waals surface area contributed by atoms with Crippen LogP contribution in [0.2, 0.25) is 0 Å². The lowest BCUT2D eigenvalue weighted by atomic mass is 10.2. The topological polar surface area (TPSA) is 42.0 Å². The summed E-state index contributed by atoms with van der Waals surface area (Å²) < 4.78 is 0. The molecule has 0 aliphatic carbocycles. The summed E-state index contributed by atoms with van der Waals surface area (Å²) in [5.41, 5.74) is 1.04. The van der Waals surface area contributed by atoms with Gasteiger partial charge in [-0.3, -0.25) is 9.78 Å². The number of carbonyl (C=O) groups is 1. The molecule has 0 bridgehead atoms. The predicted molar refractivity (Wildman–Crippen MR) is 52.0 cm³/mol. The third kappa shape index (κ3) is 4.06. The third-order valence-corrected chi connectivity index (χ3v) is 1.46. The van der Waals surface area contributed by atoms with Crippen molar-refractivity contribution < 1.29 is 4.79 Å². The molecule has 13 heavy (non-hydrogen) atoms. The minimum Gasteiger partial charge on any atom is -0.353 e. The fourth-order valence-electron chi connectivity index (χ4n) is 0.872. The molecule has 1 aromatic rings. The molecule has 1 heterocycles. The Hall–Kier alpha value is -1.64. The van der Waals surface area contributed by atoms with E-state index in [9.17, 15) is 4.79 Å². The van der Waals surface area contributed by atoms with Gasteiger partial charge in [-0.25, -0.2) is 0 Å². The van der Waals surface area contributed by atoms with Gasteiger partial charge in [0.25, 0.3) is 0 Å². The van der Waals surface area contributed by atoms with Crippen LogP contribution in [0.3, 0.4) is 0 Å². The van der Waals surface area contributed by atoms with Crippen LogP contribution in [0, 0.1) is 0 Å². The number of amides is 1. The molecule has 0 aromatic carbocycles. The van der Waals surface area contributed by atoms with Gasteiger partial charge in [0, 0.05) is 25.9 Å². The smallest absolute Gasteiger partial charge is 0.217 e. The molecule has 1 rings (SSSR count). The average Bonchev–Trinajstić information content (AvgIpc) is 2.14. The summed E-state index contributed by atoms with van der Waals surface area (Å²) in [5.74, 6) is -0.0177. The van der Waals surface area contributed by atoms with E-state index in [1.807, 2.05) is 24.3 Å². The summed E-state index contributed by atoms with van der Waals surface area (Å²) in [6.07, 6.45) is 7.30. The molecule has 0 spiro atoms. The second kappa shape index (κ2) is 5.09. The van der Waals surface area contributed by atoms with E-state index in [4.69, 9.17) is 0 Å². The summed E-state index contributed by atoms with van der Waals surface area (Å²) >= 11 is 0. The highest BCUT2D eigenvalue weighted by atomic mass is 16.1. The summed E-state index contributed by atoms with van der Waals surface area (Å²) in [6.45, 7) is 2.06. The monoisotopic (exact) mass is 176 g/mol. The van der Waals surface area contributed by atoms with Crippen LogP contribution in [0.25, 0.3) is 6.08 Å². The predicted octanol–water partition coefficient (Wildman–Crippen LogP) is 1.23. The van der Waals surface area contributed by atoms with Gasteiger partial charge in [0.05, 0.1) is 0 Å². The first-order valence-corrected chi connectivity index (χ1v) is 4.10. The van der Waals surface area contributed by atoms with E-state index in [0.717, 1.165) is 5.56 Å². The lowest BCUT2D eigenvalue weighted by Crippen LogP contribution is -2.19. The molecule has 0 aliphatic heterocycles. The number of hydrogen-bond donors (Lipinski definition) is 1. The number of nitrogens with one attached hydrogen (secondary N) is 1. The lowest BCUT2D eigenvalue weighted by Gasteiger charge is -1.94. The van der Waals surface area contributed by atoms with Gasteiger partial charge in [-0.1, -0.05) is 18.2 Å². The zero-order chi connectivity index (χ0) is 9.52. The molecule has 0 atom stereocenters. The number of hydrogen-bond acceptors (Lipinski definition) is 2. The number of pyridine rings is 1. The van der Waals surface area contributed by atoms with Crippen molar-refractivity contribution in [1.82, 2.24) is 10.3 Å². The number of aromatic nitrogens is 1. The standard InChI is InChI=1S/C10H12N2O/c1-9(13)12-7-3-5-10-4-2-6-11-8-10/h2-6,8H,7H2,1H3,(H,12,13). The summed E-state index contributed by atoms with van der Waals surface area (Å²) in [5, 5.41) is 2.67. The van der Waals surface area contributed by atoms with Crippen LogP contribution < -0.4 is 5.32 Å². The Labute approximate surface area is 77.5 Å². The van der Waals surface area contributed by atoms with Gasteiger partial charge in [0.2, 0.25) is 5.91 Å². The molecule has 1 N–H and O–H groups in total. The molecule has 0 unspecified atom stereocenters. The minimum absolute atomic E-state index is 0.0177. The van der Waals surface area contributed by atoms with Gasteiger partial charge in [-0.2, -0.15) is 0 Å². The zero-order valence-electron chi connectivity index (χ0n) is 7.53. The highest BCUT2D eigenvalue weighted by Gasteiger charge is 1.85. The van der Waals surface area contributed by atoms with Crippen molar-refractivity contribution in [3.8, 4) is 0 Å². The fraction of sp³-hybridized carbons (Fsp3) is 0.200. The van der Waals surface area contributed by atoms with Crippen molar-refractivity contribution >= 4 is 12.0 Å². The van der Waals surface area contributed by atoms with Crippen molar-refractivity contribution in [3.05, 3.63) is 36.2 Å². The Balaban J connectivity index is 2.37. The summed E-state index contributed by atoms with van der Waals surface area (Å²) in [7, 11) is 0. The van der Waals surface area contributed by atoms with Gasteiger partial charge in [0.15, 0.2) is 0 Å². The average molecular weight is 176 g/mol. The maximum absolute atomic E-state index is 10.5. The van der Waals surface area contributed by atoms with Crippen molar-refractivity contribution in [2.24, 2.45) is 0 Å². The van der Waals surface area contributed by atoms with Gasteiger partial charge < -0.3 is 5.32 Å². The molecule has 0 saturated carbocycles. The molecule has 3 nitrogen and oxygen atoms in total. The van der Waals surface area contributed by atoms with Crippen LogP contribution in [0.4, 0.5) is 0 Å². The van der Waals surface area contributed by atoms with E-state index in [1.165, 1.54) is 6.92 Å². The van der Waals surface area contributed by atoms with Crippen LogP contribution >= 0.6 is 0 Å². The molecule has 1 aromatic heterocycles. The molecule has 0 saturated heterocycles. The summed E-state index contributed by atoms with van der Waals surface area (Å²) in [4.78, 5) is 14.5. The fourth-order valence-corrected chi connectivity index (χ4v) is 0.872. The number of carbonyl (C=O) groups excluding carboxylic acids is 1. The van der Waals surface area contributed by atoms with Crippen LogP contribution in [-0.2, 0) is 4.79 Å². The van der Waals surface area contributed by atoms with Gasteiger partial charge in [-0.05, 0) is 11.6 Å². The Morgan fingerprint density at radius 1 is 1.69 bits per heavy atom. The molecule has 0 aliphatic rings. The van der Waals surface area contributed by atoms with Gasteiger partial charge in [-0.15, -0.1) is 0 Å². The molecule has 0 radical (unpaired) electrons. The molecule has 68 valence electrons. The first-order valence-electron chi connectivity index (χ1n) is 4.10. The molecular formula is C10H12N2O. The zero-order valence-corrected chi connectivity index (χ0v) is 7.53. The highest BCUT2D eigenvalue weighted by molar-refractivity contribution is 5.73. The second-order valence-corrected chi connectivity index (χ2v) is 2.63. The normalized spacial score (nSPS) is 10.2. The third-order valence-electron chi connectivity index (χ3n) is 1.46. The van der Waals surface area contributed by atoms with E-state index in [2.05, 4.69) is 10.3 Å². The maximum Gasteiger partial charge on any atom is 0.217 e. The summed E-state index contributed by atoms with van der Waals surface area (Å²) in [6, 6.07) is 3.83. The number of rotatable bonds is 3. The van der Waals surface area contributed by atoms with Crippen LogP contribution in [0.1, 0.15) is 12.5 Å². The lowest BCUT2D eigenvalue weighted by molar-refractivity contribution is -0.118. The second-order valence-electron chi connectivity index (χ2n) is 2.63. The van der Waals surface area contributed by atoms with Crippen molar-refractivity contribution in [2.75, 3.05) is 6.54 Å². The van der Waals surface area contributed by atoms with Crippen molar-refractivity contribution in [3.63, 3.8) is 0 Å². The van der Waals surface area contributed by atoms with Crippen molar-refractivity contribution in [2.45, 2.75) is 6.92 Å². The van der Waals surface area contributed by atoms with E-state index >= 15 is 0 Å². The minimum atomic E-state index is -0.0177. The van der Waals surface area contributed by atoms with Gasteiger partial charge in [0.1, 0.15) is 0 Å². The molecule has 1 amide bonds. The first-order chi connectivity index (χ1) is 6.29. The van der Waals surface area contributed by atoms with E-state index in [1.54, 1.807) is 12.4 Å². The quantitative estimate of drug-likeness (QED) is 0.752. The van der Waals surface area contributed by atoms with Gasteiger partial charge >= 0.3 is 0 Å². The Morgan fingerprint density at radius 2 is 2.54 bits per heavy atom. The van der Waals surface area contributed by atoms with Crippen LogP contribution in [0.5, 0.6) is 0 Å². The SMILES string of the molecule is CC(=O)NCC=Cc1cccnc1. The van der Waals surface area contributed by atoms with Crippen molar-refractivity contribution in [1.29, 1.82) is 0 Å². The molecule has 3 heteroatoms. The van der Waals surface area contributed by atoms with Crippen LogP contribution in [0.15, 0.2) is 30.6 Å². The van der Waals surface area contributed by atoms with E-state index < -0.39 is 0 Å². The highest BCUT2D eigenvalue weighted by Crippen LogP contribution is 1.97. The Bertz CT molecular complexity index is 293. The Morgan fingerprint density at radius 3 is 3.15 bits per heavy atom. The van der Waals surface area contributed by atoms with E-state index in [-0.39, 0.29) is 5.91 Å². The largest absolute Gasteiger partial charge is 0.353 e. The molecular weight excluding hydrogens is 164 g/mol. The first kappa shape index (κ1) is 9.45. The van der Waals surface area contributed by atoms with E-state index in [0.29, 0.717) is 6.54 Å².